The molecule has 1 aliphatic heterocycles. The van der Waals surface area contributed by atoms with Crippen molar-refractivity contribution in [1.29, 1.82) is 0 Å². The fourth-order valence-electron chi connectivity index (χ4n) is 2.75. The maximum Gasteiger partial charge on any atom is 0.338 e. The average Bonchev–Trinajstić information content (AvgIpc) is 3.16. The number of benzene rings is 1. The molecule has 1 saturated heterocycles. The number of methoxy groups -OCH3 is 1. The molecule has 0 saturated carbocycles. The molecule has 0 bridgehead atoms. The molecule has 3 rings (SSSR count). The number of carbonyl (C=O) groups is 2. The van der Waals surface area contributed by atoms with Gasteiger partial charge in [0.2, 0.25) is 5.91 Å². The molecule has 3 unspecified atom stereocenters. The van der Waals surface area contributed by atoms with E-state index in [0.29, 0.717) is 17.7 Å². The summed E-state index contributed by atoms with van der Waals surface area (Å²) >= 11 is 5.45. The van der Waals surface area contributed by atoms with Gasteiger partial charge >= 0.3 is 5.97 Å². The molecule has 2 heterocycles. The lowest BCUT2D eigenvalue weighted by Gasteiger charge is -2.35. The van der Waals surface area contributed by atoms with Gasteiger partial charge in [0.05, 0.1) is 23.7 Å². The van der Waals surface area contributed by atoms with E-state index in [9.17, 15) is 18.2 Å². The van der Waals surface area contributed by atoms with Crippen molar-refractivity contribution in [2.24, 2.45) is 0 Å². The van der Waals surface area contributed by atoms with Crippen LogP contribution in [0.2, 0.25) is 5.02 Å². The van der Waals surface area contributed by atoms with Crippen LogP contribution >= 0.6 is 22.9 Å². The van der Waals surface area contributed by atoms with Crippen LogP contribution in [0.25, 0.3) is 0 Å². The molecule has 3 atom stereocenters. The largest absolute Gasteiger partial charge is 0.465 e. The standard InChI is InChI=1S/C17H17ClFN3O4S2/c1-22-14(16(23)20-10-3-4-12(19)11(18)6-10)7-13(21-28(22)25)15-5-9(8-27-15)17(24)26-2/h3-6,8,13-14,21H,7H2,1-2H3,(H,20,23). The van der Waals surface area contributed by atoms with Crippen molar-refractivity contribution < 1.29 is 22.9 Å². The first-order chi connectivity index (χ1) is 13.3. The second-order valence-corrected chi connectivity index (χ2v) is 8.72. The van der Waals surface area contributed by atoms with Gasteiger partial charge in [-0.2, -0.15) is 0 Å². The van der Waals surface area contributed by atoms with E-state index in [4.69, 9.17) is 16.3 Å². The SMILES string of the molecule is COC(=O)c1csc(C2CC(C(=O)Nc3ccc(F)c(Cl)c3)N(C)S(=O)N2)c1. The molecule has 1 aromatic heterocycles. The zero-order chi connectivity index (χ0) is 20.4. The summed E-state index contributed by atoms with van der Waals surface area (Å²) in [6, 6.07) is 4.44. The Morgan fingerprint density at radius 2 is 2.18 bits per heavy atom. The zero-order valence-electron chi connectivity index (χ0n) is 14.9. The lowest BCUT2D eigenvalue weighted by atomic mass is 10.0. The second-order valence-electron chi connectivity index (χ2n) is 6.06. The number of halogens is 2. The Hall–Kier alpha value is -1.85. The number of nitrogens with one attached hydrogen (secondary N) is 2. The van der Waals surface area contributed by atoms with Gasteiger partial charge in [-0.15, -0.1) is 11.3 Å². The average molecular weight is 446 g/mol. The maximum absolute atomic E-state index is 13.3. The van der Waals surface area contributed by atoms with Crippen LogP contribution in [-0.2, 0) is 20.7 Å². The van der Waals surface area contributed by atoms with Crippen LogP contribution in [0.15, 0.2) is 29.6 Å². The Bertz CT molecular complexity index is 939. The summed E-state index contributed by atoms with van der Waals surface area (Å²) in [7, 11) is 2.86. The monoisotopic (exact) mass is 445 g/mol. The molecule has 0 spiro atoms. The molecule has 2 N–H and O–H groups in total. The highest BCUT2D eigenvalue weighted by Crippen LogP contribution is 2.31. The number of hydrogen-bond acceptors (Lipinski definition) is 5. The number of amides is 1. The number of ether oxygens (including phenoxy) is 1. The lowest BCUT2D eigenvalue weighted by Crippen LogP contribution is -2.52. The Labute approximate surface area is 172 Å². The first-order valence-electron chi connectivity index (χ1n) is 8.13. The van der Waals surface area contributed by atoms with E-state index in [2.05, 4.69) is 10.0 Å². The fourth-order valence-corrected chi connectivity index (χ4v) is 4.99. The molecular formula is C17H17ClFN3O4S2. The Morgan fingerprint density at radius 1 is 1.43 bits per heavy atom. The zero-order valence-corrected chi connectivity index (χ0v) is 17.3. The van der Waals surface area contributed by atoms with E-state index in [-0.39, 0.29) is 11.1 Å². The Morgan fingerprint density at radius 3 is 2.86 bits per heavy atom. The molecule has 0 radical (unpaired) electrons. The fraction of sp³-hybridized carbons (Fsp3) is 0.294. The van der Waals surface area contributed by atoms with E-state index in [1.165, 1.54) is 34.9 Å². The number of thiophene rings is 1. The third kappa shape index (κ3) is 4.41. The topological polar surface area (TPSA) is 87.7 Å². The van der Waals surface area contributed by atoms with Gasteiger partial charge in [0.1, 0.15) is 11.9 Å². The van der Waals surface area contributed by atoms with Gasteiger partial charge < -0.3 is 10.1 Å². The van der Waals surface area contributed by atoms with Crippen molar-refractivity contribution in [1.82, 2.24) is 9.03 Å². The van der Waals surface area contributed by atoms with Gasteiger partial charge in [-0.1, -0.05) is 11.6 Å². The van der Waals surface area contributed by atoms with Crippen LogP contribution in [0.5, 0.6) is 0 Å². The van der Waals surface area contributed by atoms with Gasteiger partial charge in [-0.25, -0.2) is 22.4 Å². The van der Waals surface area contributed by atoms with Crippen molar-refractivity contribution in [3.63, 3.8) is 0 Å². The van der Waals surface area contributed by atoms with E-state index in [0.717, 1.165) is 10.9 Å². The van der Waals surface area contributed by atoms with Gasteiger partial charge in [0.15, 0.2) is 11.2 Å². The smallest absolute Gasteiger partial charge is 0.338 e. The normalized spacial score (nSPS) is 22.6. The van der Waals surface area contributed by atoms with E-state index >= 15 is 0 Å². The quantitative estimate of drug-likeness (QED) is 0.708. The van der Waals surface area contributed by atoms with E-state index < -0.39 is 34.9 Å². The summed E-state index contributed by atoms with van der Waals surface area (Å²) < 4.78 is 34.8. The van der Waals surface area contributed by atoms with Crippen molar-refractivity contribution in [3.05, 3.63) is 50.9 Å². The van der Waals surface area contributed by atoms with Crippen molar-refractivity contribution >= 4 is 51.7 Å². The number of hydrogen-bond donors (Lipinski definition) is 2. The van der Waals surface area contributed by atoms with E-state index in [1.54, 1.807) is 18.5 Å². The molecule has 28 heavy (non-hydrogen) atoms. The minimum atomic E-state index is -1.61. The first kappa shape index (κ1) is 20.9. The van der Waals surface area contributed by atoms with Crippen LogP contribution in [0.3, 0.4) is 0 Å². The van der Waals surface area contributed by atoms with Crippen LogP contribution in [0.1, 0.15) is 27.7 Å². The second kappa shape index (κ2) is 8.66. The Kier molecular flexibility index (Phi) is 6.46. The van der Waals surface area contributed by atoms with Gasteiger partial charge in [-0.3, -0.25) is 4.79 Å². The number of rotatable bonds is 4. The minimum absolute atomic E-state index is 0.105. The highest BCUT2D eigenvalue weighted by molar-refractivity contribution is 7.80. The summed E-state index contributed by atoms with van der Waals surface area (Å²) in [5.41, 5.74) is 0.741. The number of nitrogens with zero attached hydrogens (tertiary/aromatic N) is 1. The highest BCUT2D eigenvalue weighted by Gasteiger charge is 2.37. The molecule has 7 nitrogen and oxygen atoms in total. The summed E-state index contributed by atoms with van der Waals surface area (Å²) in [6.07, 6.45) is 0.324. The third-order valence-corrected chi connectivity index (χ3v) is 6.88. The molecular weight excluding hydrogens is 429 g/mol. The number of anilines is 1. The number of likely N-dealkylation sites (N-methyl/N-ethyl adjacent to an activating group) is 1. The summed E-state index contributed by atoms with van der Waals surface area (Å²) in [5, 5.41) is 4.22. The lowest BCUT2D eigenvalue weighted by molar-refractivity contribution is -0.120. The molecule has 150 valence electrons. The van der Waals surface area contributed by atoms with Gasteiger partial charge in [0.25, 0.3) is 0 Å². The van der Waals surface area contributed by atoms with Crippen LogP contribution < -0.4 is 10.0 Å². The molecule has 1 aromatic carbocycles. The highest BCUT2D eigenvalue weighted by atomic mass is 35.5. The van der Waals surface area contributed by atoms with Crippen LogP contribution in [0.4, 0.5) is 10.1 Å². The molecule has 2 aromatic rings. The number of esters is 1. The molecule has 0 aliphatic carbocycles. The van der Waals surface area contributed by atoms with E-state index in [1.807, 2.05) is 0 Å². The first-order valence-corrected chi connectivity index (χ1v) is 10.5. The molecule has 1 fully saturated rings. The molecule has 1 amide bonds. The van der Waals surface area contributed by atoms with Crippen LogP contribution in [0, 0.1) is 5.82 Å². The summed E-state index contributed by atoms with van der Waals surface area (Å²) in [5.74, 6) is -1.44. The third-order valence-electron chi connectivity index (χ3n) is 4.28. The predicted molar refractivity (Wildman–Crippen MR) is 106 cm³/mol. The van der Waals surface area contributed by atoms with Gasteiger partial charge in [-0.05, 0) is 30.7 Å². The van der Waals surface area contributed by atoms with Crippen molar-refractivity contribution in [3.8, 4) is 0 Å². The molecule has 11 heteroatoms. The van der Waals surface area contributed by atoms with Crippen molar-refractivity contribution in [2.75, 3.05) is 19.5 Å². The van der Waals surface area contributed by atoms with Crippen LogP contribution in [-0.4, -0.2) is 40.6 Å². The van der Waals surface area contributed by atoms with Crippen molar-refractivity contribution in [2.45, 2.75) is 18.5 Å². The Balaban J connectivity index is 1.77. The van der Waals surface area contributed by atoms with Gasteiger partial charge in [0, 0.05) is 23.0 Å². The number of carbonyl (C=O) groups excluding carboxylic acids is 2. The maximum atomic E-state index is 13.3. The summed E-state index contributed by atoms with van der Waals surface area (Å²) in [4.78, 5) is 25.1. The predicted octanol–water partition coefficient (Wildman–Crippen LogP) is 2.88. The molecule has 1 aliphatic rings. The minimum Gasteiger partial charge on any atom is -0.465 e. The summed E-state index contributed by atoms with van der Waals surface area (Å²) in [6.45, 7) is 0.